The fraction of sp³-hybridized carbons (Fsp3) is 0.857. The van der Waals surface area contributed by atoms with Gasteiger partial charge in [-0.1, -0.05) is 27.2 Å². The third-order valence-electron chi connectivity index (χ3n) is 1.76. The Morgan fingerprint density at radius 1 is 1.55 bits per heavy atom. The Morgan fingerprint density at radius 3 is 2.27 bits per heavy atom. The van der Waals surface area contributed by atoms with E-state index in [2.05, 4.69) is 12.3 Å². The molecule has 0 unspecified atom stereocenters. The van der Waals surface area contributed by atoms with E-state index in [1.165, 1.54) is 0 Å². The van der Waals surface area contributed by atoms with E-state index in [0.29, 0.717) is 6.42 Å². The van der Waals surface area contributed by atoms with Crippen molar-refractivity contribution >= 4 is 18.3 Å². The van der Waals surface area contributed by atoms with E-state index < -0.39 is 0 Å². The molecule has 0 atom stereocenters. The van der Waals surface area contributed by atoms with Gasteiger partial charge in [-0.2, -0.15) is 0 Å². The lowest BCUT2D eigenvalue weighted by molar-refractivity contribution is -0.123. The van der Waals surface area contributed by atoms with Gasteiger partial charge in [0.15, 0.2) is 0 Å². The lowest BCUT2D eigenvalue weighted by Gasteiger charge is -2.20. The number of hydrogen-bond acceptors (Lipinski definition) is 2. The molecule has 3 N–H and O–H groups in total. The fourth-order valence-electron chi connectivity index (χ4n) is 0.611. The van der Waals surface area contributed by atoms with E-state index in [9.17, 15) is 4.79 Å². The van der Waals surface area contributed by atoms with Gasteiger partial charge in [-0.25, -0.2) is 5.84 Å². The van der Waals surface area contributed by atoms with Crippen LogP contribution in [0.4, 0.5) is 0 Å². The first kappa shape index (κ1) is 13.3. The van der Waals surface area contributed by atoms with Gasteiger partial charge < -0.3 is 0 Å². The molecule has 1 amide bonds. The predicted molar refractivity (Wildman–Crippen MR) is 48.3 cm³/mol. The van der Waals surface area contributed by atoms with Crippen LogP contribution in [-0.4, -0.2) is 5.91 Å². The van der Waals surface area contributed by atoms with E-state index >= 15 is 0 Å². The average molecular weight is 181 g/mol. The van der Waals surface area contributed by atoms with Gasteiger partial charge in [-0.3, -0.25) is 10.2 Å². The first-order chi connectivity index (χ1) is 4.52. The summed E-state index contributed by atoms with van der Waals surface area (Å²) in [6, 6.07) is 0. The first-order valence-electron chi connectivity index (χ1n) is 3.51. The van der Waals surface area contributed by atoms with Crippen molar-refractivity contribution in [3.63, 3.8) is 0 Å². The van der Waals surface area contributed by atoms with Crippen LogP contribution in [0.5, 0.6) is 0 Å². The Bertz CT molecular complexity index is 126. The molecule has 0 bridgehead atoms. The standard InChI is InChI=1S/C7H16N2O.ClH/c1-4-7(2,3)5-6(10)9-8;/h4-5,8H2,1-3H3,(H,9,10);1H. The summed E-state index contributed by atoms with van der Waals surface area (Å²) in [4.78, 5) is 10.8. The van der Waals surface area contributed by atoms with E-state index in [4.69, 9.17) is 5.84 Å². The molecule has 0 radical (unpaired) electrons. The molecule has 0 heterocycles. The van der Waals surface area contributed by atoms with Gasteiger partial charge >= 0.3 is 0 Å². The second-order valence-electron chi connectivity index (χ2n) is 3.26. The van der Waals surface area contributed by atoms with Gasteiger partial charge in [0.25, 0.3) is 0 Å². The van der Waals surface area contributed by atoms with Crippen molar-refractivity contribution in [3.05, 3.63) is 0 Å². The van der Waals surface area contributed by atoms with E-state index in [-0.39, 0.29) is 23.7 Å². The third kappa shape index (κ3) is 6.13. The Morgan fingerprint density at radius 2 is 2.00 bits per heavy atom. The van der Waals surface area contributed by atoms with Gasteiger partial charge in [0.2, 0.25) is 5.91 Å². The zero-order chi connectivity index (χ0) is 8.20. The molecule has 0 aromatic heterocycles. The Labute approximate surface area is 74.1 Å². The molecule has 0 aliphatic carbocycles. The zero-order valence-electron chi connectivity index (χ0n) is 7.31. The Balaban J connectivity index is 0. The summed E-state index contributed by atoms with van der Waals surface area (Å²) >= 11 is 0. The number of hydrazine groups is 1. The van der Waals surface area contributed by atoms with Crippen molar-refractivity contribution < 1.29 is 4.79 Å². The number of halogens is 1. The van der Waals surface area contributed by atoms with Crippen LogP contribution in [0.1, 0.15) is 33.6 Å². The highest BCUT2D eigenvalue weighted by atomic mass is 35.5. The lowest BCUT2D eigenvalue weighted by atomic mass is 9.86. The van der Waals surface area contributed by atoms with Crippen LogP contribution in [-0.2, 0) is 4.79 Å². The summed E-state index contributed by atoms with van der Waals surface area (Å²) in [7, 11) is 0. The van der Waals surface area contributed by atoms with Crippen molar-refractivity contribution in [1.29, 1.82) is 0 Å². The van der Waals surface area contributed by atoms with Crippen LogP contribution in [0.25, 0.3) is 0 Å². The maximum absolute atomic E-state index is 10.8. The molecule has 3 nitrogen and oxygen atoms in total. The topological polar surface area (TPSA) is 55.1 Å². The summed E-state index contributed by atoms with van der Waals surface area (Å²) in [6.45, 7) is 6.15. The normalized spacial score (nSPS) is 10.2. The number of carbonyl (C=O) groups excluding carboxylic acids is 1. The molecule has 0 aliphatic heterocycles. The second kappa shape index (κ2) is 5.38. The highest BCUT2D eigenvalue weighted by Crippen LogP contribution is 2.23. The molecule has 0 aromatic rings. The largest absolute Gasteiger partial charge is 0.294 e. The lowest BCUT2D eigenvalue weighted by Crippen LogP contribution is -2.33. The molecule has 0 spiro atoms. The molecule has 4 heteroatoms. The molecule has 0 saturated heterocycles. The summed E-state index contributed by atoms with van der Waals surface area (Å²) < 4.78 is 0. The van der Waals surface area contributed by atoms with Crippen LogP contribution >= 0.6 is 12.4 Å². The highest BCUT2D eigenvalue weighted by molar-refractivity contribution is 5.85. The first-order valence-corrected chi connectivity index (χ1v) is 3.51. The molecular formula is C7H17ClN2O. The fourth-order valence-corrected chi connectivity index (χ4v) is 0.611. The summed E-state index contributed by atoms with van der Waals surface area (Å²) in [5.74, 6) is 4.84. The summed E-state index contributed by atoms with van der Waals surface area (Å²) in [5, 5.41) is 0. The van der Waals surface area contributed by atoms with Crippen molar-refractivity contribution in [2.75, 3.05) is 0 Å². The molecule has 0 rings (SSSR count). The maximum atomic E-state index is 10.8. The summed E-state index contributed by atoms with van der Waals surface area (Å²) in [6.07, 6.45) is 1.49. The number of carbonyl (C=O) groups is 1. The molecule has 0 saturated carbocycles. The van der Waals surface area contributed by atoms with Crippen LogP contribution in [0.15, 0.2) is 0 Å². The molecule has 68 valence electrons. The van der Waals surface area contributed by atoms with Gasteiger partial charge in [0.1, 0.15) is 0 Å². The molecule has 0 fully saturated rings. The van der Waals surface area contributed by atoms with Crippen LogP contribution in [0, 0.1) is 5.41 Å². The van der Waals surface area contributed by atoms with Gasteiger partial charge in [-0.15, -0.1) is 12.4 Å². The van der Waals surface area contributed by atoms with Crippen molar-refractivity contribution in [2.45, 2.75) is 33.6 Å². The number of hydrogen-bond donors (Lipinski definition) is 2. The SMILES string of the molecule is CCC(C)(C)CC(=O)NN.Cl. The second-order valence-corrected chi connectivity index (χ2v) is 3.26. The minimum Gasteiger partial charge on any atom is -0.294 e. The van der Waals surface area contributed by atoms with Crippen LogP contribution in [0.3, 0.4) is 0 Å². The zero-order valence-corrected chi connectivity index (χ0v) is 8.12. The molecule has 0 aliphatic rings. The quantitative estimate of drug-likeness (QED) is 0.390. The van der Waals surface area contributed by atoms with Gasteiger partial charge in [0.05, 0.1) is 0 Å². The maximum Gasteiger partial charge on any atom is 0.234 e. The number of nitrogens with one attached hydrogen (secondary N) is 1. The number of amides is 1. The number of rotatable bonds is 3. The van der Waals surface area contributed by atoms with Crippen molar-refractivity contribution in [3.8, 4) is 0 Å². The van der Waals surface area contributed by atoms with Gasteiger partial charge in [0, 0.05) is 6.42 Å². The minimum atomic E-state index is -0.0909. The molecule has 11 heavy (non-hydrogen) atoms. The van der Waals surface area contributed by atoms with Crippen molar-refractivity contribution in [1.82, 2.24) is 5.43 Å². The predicted octanol–water partition coefficient (Wildman–Crippen LogP) is 1.22. The molecular weight excluding hydrogens is 164 g/mol. The van der Waals surface area contributed by atoms with Gasteiger partial charge in [-0.05, 0) is 5.41 Å². The monoisotopic (exact) mass is 180 g/mol. The number of nitrogens with two attached hydrogens (primary N) is 1. The highest BCUT2D eigenvalue weighted by Gasteiger charge is 2.18. The Kier molecular flexibility index (Phi) is 6.52. The van der Waals surface area contributed by atoms with Crippen molar-refractivity contribution in [2.24, 2.45) is 11.3 Å². The minimum absolute atomic E-state index is 0. The van der Waals surface area contributed by atoms with E-state index in [1.54, 1.807) is 0 Å². The molecule has 0 aromatic carbocycles. The average Bonchev–Trinajstić information content (AvgIpc) is 1.87. The van der Waals surface area contributed by atoms with Crippen LogP contribution < -0.4 is 11.3 Å². The van der Waals surface area contributed by atoms with Crippen LogP contribution in [0.2, 0.25) is 0 Å². The van der Waals surface area contributed by atoms with E-state index in [1.807, 2.05) is 13.8 Å². The smallest absolute Gasteiger partial charge is 0.234 e. The summed E-state index contributed by atoms with van der Waals surface area (Å²) in [5.41, 5.74) is 2.19. The Hall–Kier alpha value is -0.280. The third-order valence-corrected chi connectivity index (χ3v) is 1.76. The van der Waals surface area contributed by atoms with E-state index in [0.717, 1.165) is 6.42 Å².